The lowest BCUT2D eigenvalue weighted by molar-refractivity contribution is -0.131. The van der Waals surface area contributed by atoms with Gasteiger partial charge >= 0.3 is 5.97 Å². The van der Waals surface area contributed by atoms with Crippen molar-refractivity contribution in [1.29, 1.82) is 5.26 Å². The van der Waals surface area contributed by atoms with E-state index in [-0.39, 0.29) is 18.1 Å². The van der Waals surface area contributed by atoms with Gasteiger partial charge in [0.2, 0.25) is 0 Å². The molecular weight excluding hydrogens is 422 g/mol. The molecule has 2 atom stereocenters. The number of hydrogen-bond acceptors (Lipinski definition) is 5. The first-order valence-corrected chi connectivity index (χ1v) is 10.9. The lowest BCUT2D eigenvalue weighted by Gasteiger charge is -2.29. The van der Waals surface area contributed by atoms with Gasteiger partial charge in [-0.1, -0.05) is 42.5 Å². The normalized spacial score (nSPS) is 21.9. The summed E-state index contributed by atoms with van der Waals surface area (Å²) in [4.78, 5) is 11.7. The van der Waals surface area contributed by atoms with Crippen LogP contribution in [0.1, 0.15) is 23.6 Å². The van der Waals surface area contributed by atoms with E-state index in [0.29, 0.717) is 5.75 Å². The van der Waals surface area contributed by atoms with Crippen LogP contribution < -0.4 is 4.74 Å². The molecule has 160 valence electrons. The van der Waals surface area contributed by atoms with Crippen molar-refractivity contribution in [2.45, 2.75) is 18.1 Å². The number of aliphatic hydroxyl groups excluding tert-OH is 1. The van der Waals surface area contributed by atoms with E-state index in [1.807, 2.05) is 36.4 Å². The first-order valence-electron chi connectivity index (χ1n) is 10.1. The Bertz CT molecular complexity index is 1220. The smallest absolute Gasteiger partial charge is 0.328 e. The zero-order chi connectivity index (χ0) is 22.7. The molecule has 0 bridgehead atoms. The van der Waals surface area contributed by atoms with E-state index >= 15 is 0 Å². The highest BCUT2D eigenvalue weighted by atomic mass is 32.2. The van der Waals surface area contributed by atoms with Crippen molar-refractivity contribution in [3.8, 4) is 11.8 Å². The molecule has 1 aliphatic carbocycles. The third-order valence-electron chi connectivity index (χ3n) is 5.40. The van der Waals surface area contributed by atoms with Crippen LogP contribution >= 0.6 is 11.8 Å². The Morgan fingerprint density at radius 2 is 2.00 bits per heavy atom. The lowest BCUT2D eigenvalue weighted by atomic mass is 9.86. The summed E-state index contributed by atoms with van der Waals surface area (Å²) in [7, 11) is 0. The summed E-state index contributed by atoms with van der Waals surface area (Å²) in [5.74, 6) is 0.507. The summed E-state index contributed by atoms with van der Waals surface area (Å²) < 4.78 is 5.98. The second kappa shape index (κ2) is 8.81. The van der Waals surface area contributed by atoms with Gasteiger partial charge in [0.05, 0.1) is 28.1 Å². The van der Waals surface area contributed by atoms with Crippen LogP contribution in [-0.4, -0.2) is 20.9 Å². The van der Waals surface area contributed by atoms with Crippen LogP contribution in [0.15, 0.2) is 84.4 Å². The van der Waals surface area contributed by atoms with E-state index in [9.17, 15) is 15.2 Å². The molecule has 0 amide bonds. The number of fused-ring (bicyclic) bond motifs is 1. The molecule has 0 saturated carbocycles. The van der Waals surface area contributed by atoms with Crippen LogP contribution in [0, 0.1) is 17.2 Å². The van der Waals surface area contributed by atoms with Crippen LogP contribution in [0.25, 0.3) is 11.0 Å². The van der Waals surface area contributed by atoms with Crippen molar-refractivity contribution in [3.63, 3.8) is 0 Å². The van der Waals surface area contributed by atoms with Crippen molar-refractivity contribution >= 4 is 28.7 Å². The molecular formula is C26H21NO4S. The van der Waals surface area contributed by atoms with Gasteiger partial charge in [-0.3, -0.25) is 0 Å². The molecule has 2 aromatic carbocycles. The molecule has 1 heterocycles. The molecule has 0 spiro atoms. The molecule has 2 aliphatic rings. The van der Waals surface area contributed by atoms with E-state index in [0.717, 1.165) is 33.4 Å². The average molecular weight is 444 g/mol. The SMILES string of the molecule is CC12C=C(O)C=CC1C(Oc1ccc(/C=C/C(=O)O)cc1)=C(c1ccccc1CC#N)S2. The van der Waals surface area contributed by atoms with Crippen LogP contribution in [-0.2, 0) is 11.2 Å². The Labute approximate surface area is 190 Å². The minimum atomic E-state index is -1.00. The number of aliphatic hydroxyl groups is 1. The fourth-order valence-corrected chi connectivity index (χ4v) is 5.40. The number of benzene rings is 2. The highest BCUT2D eigenvalue weighted by molar-refractivity contribution is 8.10. The fourth-order valence-electron chi connectivity index (χ4n) is 3.89. The monoisotopic (exact) mass is 443 g/mol. The minimum Gasteiger partial charge on any atom is -0.508 e. The highest BCUT2D eigenvalue weighted by Gasteiger charge is 2.46. The lowest BCUT2D eigenvalue weighted by Crippen LogP contribution is -2.28. The van der Waals surface area contributed by atoms with Crippen molar-refractivity contribution in [2.75, 3.05) is 0 Å². The molecule has 0 radical (unpaired) electrons. The molecule has 0 saturated heterocycles. The van der Waals surface area contributed by atoms with E-state index in [2.05, 4.69) is 13.0 Å². The summed E-state index contributed by atoms with van der Waals surface area (Å²) in [6.45, 7) is 2.06. The molecule has 0 fully saturated rings. The van der Waals surface area contributed by atoms with Gasteiger partial charge in [-0.2, -0.15) is 5.26 Å². The summed E-state index contributed by atoms with van der Waals surface area (Å²) >= 11 is 1.62. The Morgan fingerprint density at radius 3 is 2.72 bits per heavy atom. The first kappa shape index (κ1) is 21.5. The third-order valence-corrected chi connectivity index (χ3v) is 6.83. The number of rotatable bonds is 6. The van der Waals surface area contributed by atoms with Crippen molar-refractivity contribution in [3.05, 3.63) is 101 Å². The maximum absolute atomic E-state index is 10.7. The fraction of sp³-hybridized carbons (Fsp3) is 0.154. The predicted molar refractivity (Wildman–Crippen MR) is 126 cm³/mol. The largest absolute Gasteiger partial charge is 0.508 e. The quantitative estimate of drug-likeness (QED) is 0.554. The van der Waals surface area contributed by atoms with Gasteiger partial charge in [0.25, 0.3) is 0 Å². The number of aliphatic carboxylic acids is 1. The summed E-state index contributed by atoms with van der Waals surface area (Å²) in [6.07, 6.45) is 8.37. The van der Waals surface area contributed by atoms with E-state index in [1.165, 1.54) is 6.08 Å². The Morgan fingerprint density at radius 1 is 1.25 bits per heavy atom. The van der Waals surface area contributed by atoms with Crippen LogP contribution in [0.5, 0.6) is 5.75 Å². The topological polar surface area (TPSA) is 90.6 Å². The Balaban J connectivity index is 1.75. The molecule has 6 heteroatoms. The van der Waals surface area contributed by atoms with Gasteiger partial charge in [0, 0.05) is 6.08 Å². The van der Waals surface area contributed by atoms with Gasteiger partial charge in [-0.05, 0) is 54.0 Å². The number of thioether (sulfide) groups is 1. The van der Waals surface area contributed by atoms with Gasteiger partial charge in [-0.15, -0.1) is 11.8 Å². The maximum Gasteiger partial charge on any atom is 0.328 e. The zero-order valence-corrected chi connectivity index (χ0v) is 18.2. The van der Waals surface area contributed by atoms with E-state index in [4.69, 9.17) is 9.84 Å². The molecule has 1 aliphatic heterocycles. The number of carboxylic acid groups (broad SMARTS) is 1. The Kier molecular flexibility index (Phi) is 5.93. The van der Waals surface area contributed by atoms with Crippen LogP contribution in [0.2, 0.25) is 0 Å². The first-order chi connectivity index (χ1) is 15.4. The Hall–Kier alpha value is -3.69. The third kappa shape index (κ3) is 4.34. The van der Waals surface area contributed by atoms with E-state index in [1.54, 1.807) is 42.1 Å². The number of allylic oxidation sites excluding steroid dienone is 2. The molecule has 32 heavy (non-hydrogen) atoms. The molecule has 2 aromatic rings. The number of nitriles is 1. The second-order valence-electron chi connectivity index (χ2n) is 7.72. The van der Waals surface area contributed by atoms with Gasteiger partial charge < -0.3 is 14.9 Å². The zero-order valence-electron chi connectivity index (χ0n) is 17.4. The number of ether oxygens (including phenoxy) is 1. The van der Waals surface area contributed by atoms with Gasteiger partial charge in [0.15, 0.2) is 0 Å². The minimum absolute atomic E-state index is 0.0971. The molecule has 4 rings (SSSR count). The average Bonchev–Trinajstić information content (AvgIpc) is 3.05. The van der Waals surface area contributed by atoms with Crippen LogP contribution in [0.4, 0.5) is 0 Å². The van der Waals surface area contributed by atoms with Gasteiger partial charge in [0.1, 0.15) is 17.3 Å². The van der Waals surface area contributed by atoms with Crippen molar-refractivity contribution in [2.24, 2.45) is 5.92 Å². The number of nitrogens with zero attached hydrogens (tertiary/aromatic N) is 1. The summed E-state index contributed by atoms with van der Waals surface area (Å²) in [5.41, 5.74) is 2.63. The highest BCUT2D eigenvalue weighted by Crippen LogP contribution is 2.57. The summed E-state index contributed by atoms with van der Waals surface area (Å²) in [5, 5.41) is 28.2. The predicted octanol–water partition coefficient (Wildman–Crippen LogP) is 5.73. The van der Waals surface area contributed by atoms with Crippen molar-refractivity contribution in [1.82, 2.24) is 0 Å². The second-order valence-corrected chi connectivity index (χ2v) is 9.21. The maximum atomic E-state index is 10.7. The van der Waals surface area contributed by atoms with Crippen LogP contribution in [0.3, 0.4) is 0 Å². The molecule has 2 N–H and O–H groups in total. The van der Waals surface area contributed by atoms with E-state index < -0.39 is 10.7 Å². The standard InChI is InChI=1S/C26H21NO4S/c1-26-16-19(28)9-12-22(26)24(25(32-26)21-5-3-2-4-18(21)14-15-27)31-20-10-6-17(7-11-20)8-13-23(29)30/h2-13,16,22,28H,14H2,1H3,(H,29,30)/b13-8+. The number of carbonyl (C=O) groups is 1. The molecule has 2 unspecified atom stereocenters. The number of carboxylic acids is 1. The molecule has 5 nitrogen and oxygen atoms in total. The van der Waals surface area contributed by atoms with Crippen molar-refractivity contribution < 1.29 is 19.7 Å². The molecule has 0 aromatic heterocycles. The number of hydrogen-bond donors (Lipinski definition) is 2. The summed E-state index contributed by atoms with van der Waals surface area (Å²) in [6, 6.07) is 17.2. The van der Waals surface area contributed by atoms with Gasteiger partial charge in [-0.25, -0.2) is 4.79 Å².